The van der Waals surface area contributed by atoms with Crippen molar-refractivity contribution in [1.29, 1.82) is 0 Å². The first-order chi connectivity index (χ1) is 12.1. The van der Waals surface area contributed by atoms with E-state index in [0.29, 0.717) is 13.1 Å². The Morgan fingerprint density at radius 1 is 1.40 bits per heavy atom. The minimum absolute atomic E-state index is 0.104. The molecule has 0 saturated carbocycles. The van der Waals surface area contributed by atoms with Crippen molar-refractivity contribution in [2.45, 2.75) is 30.9 Å². The molecule has 0 aliphatic carbocycles. The first-order valence-corrected chi connectivity index (χ1v) is 9.83. The largest absolute Gasteiger partial charge is 0.352 e. The molecule has 0 radical (unpaired) electrons. The summed E-state index contributed by atoms with van der Waals surface area (Å²) in [6.07, 6.45) is 2.07. The third-order valence-electron chi connectivity index (χ3n) is 3.41. The van der Waals surface area contributed by atoms with Gasteiger partial charge in [0.1, 0.15) is 5.50 Å². The van der Waals surface area contributed by atoms with Crippen molar-refractivity contribution in [2.24, 2.45) is 0 Å². The lowest BCUT2D eigenvalue weighted by atomic mass is 10.1. The molecule has 0 bridgehead atoms. The molecular weight excluding hydrogens is 360 g/mol. The van der Waals surface area contributed by atoms with Crippen molar-refractivity contribution >= 4 is 40.8 Å². The van der Waals surface area contributed by atoms with Crippen molar-refractivity contribution in [3.8, 4) is 0 Å². The Hall–Kier alpha value is -1.84. The molecule has 136 valence electrons. The maximum absolute atomic E-state index is 12.0. The van der Waals surface area contributed by atoms with E-state index < -0.39 is 0 Å². The number of amides is 3. The second-order valence-corrected chi connectivity index (χ2v) is 7.60. The lowest BCUT2D eigenvalue weighted by molar-refractivity contribution is -0.125. The number of rotatable bonds is 9. The molecule has 1 saturated heterocycles. The maximum atomic E-state index is 12.0. The van der Waals surface area contributed by atoms with Crippen LogP contribution in [-0.2, 0) is 20.9 Å². The van der Waals surface area contributed by atoms with Crippen LogP contribution in [0.3, 0.4) is 0 Å². The van der Waals surface area contributed by atoms with E-state index in [9.17, 15) is 14.4 Å². The summed E-state index contributed by atoms with van der Waals surface area (Å²) in [6.45, 7) is 4.44. The van der Waals surface area contributed by atoms with E-state index in [1.54, 1.807) is 17.4 Å². The van der Waals surface area contributed by atoms with Crippen molar-refractivity contribution < 1.29 is 14.4 Å². The van der Waals surface area contributed by atoms with E-state index >= 15 is 0 Å². The van der Waals surface area contributed by atoms with Crippen LogP contribution in [0.5, 0.6) is 0 Å². The topological polar surface area (TPSA) is 99.3 Å². The lowest BCUT2D eigenvalue weighted by Crippen LogP contribution is -2.56. The highest BCUT2D eigenvalue weighted by atomic mass is 32.2. The third kappa shape index (κ3) is 7.29. The fraction of sp³-hybridized carbons (Fsp3) is 0.438. The van der Waals surface area contributed by atoms with Gasteiger partial charge in [-0.3, -0.25) is 19.7 Å². The molecule has 7 nitrogen and oxygen atoms in total. The number of thioether (sulfide) groups is 1. The molecule has 2 atom stereocenters. The van der Waals surface area contributed by atoms with Gasteiger partial charge in [-0.25, -0.2) is 0 Å². The van der Waals surface area contributed by atoms with Gasteiger partial charge in [0.15, 0.2) is 0 Å². The van der Waals surface area contributed by atoms with Gasteiger partial charge in [-0.15, -0.1) is 29.7 Å². The molecule has 2 unspecified atom stereocenters. The van der Waals surface area contributed by atoms with Crippen LogP contribution >= 0.6 is 23.1 Å². The summed E-state index contributed by atoms with van der Waals surface area (Å²) in [6, 6.07) is 3.65. The second-order valence-electron chi connectivity index (χ2n) is 5.48. The summed E-state index contributed by atoms with van der Waals surface area (Å²) in [7, 11) is 0. The van der Waals surface area contributed by atoms with Crippen molar-refractivity contribution in [3.05, 3.63) is 35.0 Å². The Kier molecular flexibility index (Phi) is 7.96. The molecule has 1 aromatic heterocycles. The molecule has 25 heavy (non-hydrogen) atoms. The Morgan fingerprint density at radius 3 is 2.96 bits per heavy atom. The Bertz CT molecular complexity index is 607. The van der Waals surface area contributed by atoms with Crippen LogP contribution < -0.4 is 21.3 Å². The highest BCUT2D eigenvalue weighted by molar-refractivity contribution is 8.00. The van der Waals surface area contributed by atoms with Gasteiger partial charge < -0.3 is 16.0 Å². The fourth-order valence-electron chi connectivity index (χ4n) is 2.26. The number of carbonyl (C=O) groups excluding carboxylic acids is 3. The van der Waals surface area contributed by atoms with Crippen LogP contribution in [0.1, 0.15) is 17.7 Å². The zero-order valence-corrected chi connectivity index (χ0v) is 15.4. The van der Waals surface area contributed by atoms with Crippen LogP contribution in [-0.4, -0.2) is 41.6 Å². The van der Waals surface area contributed by atoms with Gasteiger partial charge in [-0.05, 0) is 11.4 Å². The van der Waals surface area contributed by atoms with Crippen molar-refractivity contribution in [3.63, 3.8) is 0 Å². The number of nitrogens with one attached hydrogen (secondary N) is 4. The summed E-state index contributed by atoms with van der Waals surface area (Å²) in [5.41, 5.74) is -0.383. The molecule has 0 aromatic carbocycles. The molecule has 1 fully saturated rings. The summed E-state index contributed by atoms with van der Waals surface area (Å²) in [5, 5.41) is 13.5. The Balaban J connectivity index is 1.73. The summed E-state index contributed by atoms with van der Waals surface area (Å²) in [5.74, 6) is -0.146. The second kappa shape index (κ2) is 10.2. The quantitative estimate of drug-likeness (QED) is 0.468. The fourth-order valence-corrected chi connectivity index (χ4v) is 3.82. The van der Waals surface area contributed by atoms with E-state index in [0.717, 1.165) is 4.88 Å². The molecular formula is C16H22N4O3S2. The van der Waals surface area contributed by atoms with Crippen molar-refractivity contribution in [2.75, 3.05) is 12.3 Å². The van der Waals surface area contributed by atoms with Gasteiger partial charge >= 0.3 is 0 Å². The first-order valence-electron chi connectivity index (χ1n) is 7.90. The third-order valence-corrected chi connectivity index (χ3v) is 5.30. The highest BCUT2D eigenvalue weighted by Gasteiger charge is 2.27. The predicted octanol–water partition coefficient (Wildman–Crippen LogP) is 0.552. The molecule has 2 rings (SSSR count). The molecule has 2 heterocycles. The van der Waals surface area contributed by atoms with E-state index in [2.05, 4.69) is 27.8 Å². The number of hydrogen-bond acceptors (Lipinski definition) is 6. The van der Waals surface area contributed by atoms with Gasteiger partial charge in [0.25, 0.3) is 0 Å². The van der Waals surface area contributed by atoms with E-state index in [-0.39, 0.29) is 47.9 Å². The monoisotopic (exact) mass is 382 g/mol. The van der Waals surface area contributed by atoms with Crippen molar-refractivity contribution in [1.82, 2.24) is 21.3 Å². The average Bonchev–Trinajstić information content (AvgIpc) is 3.09. The number of thiophene rings is 1. The highest BCUT2D eigenvalue weighted by Crippen LogP contribution is 2.14. The normalized spacial score (nSPS) is 19.8. The molecule has 4 N–H and O–H groups in total. The van der Waals surface area contributed by atoms with Crippen LogP contribution in [0.4, 0.5) is 0 Å². The van der Waals surface area contributed by atoms with E-state index in [4.69, 9.17) is 0 Å². The molecule has 9 heteroatoms. The summed E-state index contributed by atoms with van der Waals surface area (Å²) >= 11 is 2.87. The summed E-state index contributed by atoms with van der Waals surface area (Å²) < 4.78 is 0. The average molecular weight is 383 g/mol. The van der Waals surface area contributed by atoms with Crippen LogP contribution in [0.25, 0.3) is 0 Å². The Labute approximate surface area is 155 Å². The van der Waals surface area contributed by atoms with Crippen LogP contribution in [0, 0.1) is 0 Å². The minimum Gasteiger partial charge on any atom is -0.352 e. The molecule has 0 spiro atoms. The predicted molar refractivity (Wildman–Crippen MR) is 99.9 cm³/mol. The van der Waals surface area contributed by atoms with E-state index in [1.807, 2.05) is 17.5 Å². The molecule has 1 aliphatic rings. The van der Waals surface area contributed by atoms with Gasteiger partial charge in [-0.2, -0.15) is 0 Å². The van der Waals surface area contributed by atoms with Crippen LogP contribution in [0.15, 0.2) is 30.2 Å². The summed E-state index contributed by atoms with van der Waals surface area (Å²) in [4.78, 5) is 36.5. The van der Waals surface area contributed by atoms with Gasteiger partial charge in [0.05, 0.1) is 12.3 Å². The number of hydrogen-bond donors (Lipinski definition) is 4. The minimum atomic E-state index is -0.383. The lowest BCUT2D eigenvalue weighted by Gasteiger charge is -2.30. The standard InChI is InChI=1S/C16H22N4O3S2/c1-2-5-17-15(23)10-25-16-19-11(8-14(22)20-16)7-13(21)18-9-12-4-3-6-24-12/h2-4,6,11,16,19H,1,5,7-10H2,(H,17,23)(H,18,21)(H,20,22). The SMILES string of the molecule is C=CCNC(=O)CSC1NC(=O)CC(CC(=O)NCc2cccs2)N1. The van der Waals surface area contributed by atoms with Gasteiger partial charge in [0.2, 0.25) is 17.7 Å². The maximum Gasteiger partial charge on any atom is 0.230 e. The van der Waals surface area contributed by atoms with Crippen LogP contribution in [0.2, 0.25) is 0 Å². The molecule has 1 aliphatic heterocycles. The Morgan fingerprint density at radius 2 is 2.24 bits per heavy atom. The van der Waals surface area contributed by atoms with Gasteiger partial charge in [-0.1, -0.05) is 12.1 Å². The van der Waals surface area contributed by atoms with Gasteiger partial charge in [0, 0.05) is 30.3 Å². The zero-order chi connectivity index (χ0) is 18.1. The zero-order valence-electron chi connectivity index (χ0n) is 13.7. The molecule has 1 aromatic rings. The molecule has 3 amide bonds. The smallest absolute Gasteiger partial charge is 0.230 e. The number of carbonyl (C=O) groups is 3. The van der Waals surface area contributed by atoms with E-state index in [1.165, 1.54) is 11.8 Å². The first kappa shape index (κ1) is 19.5.